The quantitative estimate of drug-likeness (QED) is 0.672. The molecule has 0 aliphatic carbocycles. The van der Waals surface area contributed by atoms with Gasteiger partial charge in [0.25, 0.3) is 0 Å². The summed E-state index contributed by atoms with van der Waals surface area (Å²) in [6.45, 7) is 0. The molecule has 0 saturated heterocycles. The Morgan fingerprint density at radius 1 is 1.20 bits per heavy atom. The Kier molecular flexibility index (Phi) is 2.07. The monoisotopic (exact) mass is 198 g/mol. The molecule has 2 aromatic rings. The zero-order chi connectivity index (χ0) is 10.8. The van der Waals surface area contributed by atoms with Gasteiger partial charge in [-0.2, -0.15) is 5.10 Å². The van der Waals surface area contributed by atoms with Gasteiger partial charge in [-0.25, -0.2) is 4.68 Å². The summed E-state index contributed by atoms with van der Waals surface area (Å²) < 4.78 is 1.53. The second-order valence-electron chi connectivity index (χ2n) is 3.04. The van der Waals surface area contributed by atoms with E-state index in [0.29, 0.717) is 17.2 Å². The zero-order valence-electron chi connectivity index (χ0n) is 8.01. The van der Waals surface area contributed by atoms with Crippen molar-refractivity contribution in [3.63, 3.8) is 0 Å². The number of anilines is 2. The number of terminal acetylenes is 1. The van der Waals surface area contributed by atoms with Crippen molar-refractivity contribution in [3.8, 4) is 18.0 Å². The number of aromatic nitrogens is 2. The molecule has 0 amide bonds. The molecule has 4 heteroatoms. The third kappa shape index (κ3) is 1.40. The van der Waals surface area contributed by atoms with Gasteiger partial charge in [0, 0.05) is 0 Å². The molecular formula is C11H10N4. The Hall–Kier alpha value is -2.41. The first kappa shape index (κ1) is 9.16. The van der Waals surface area contributed by atoms with Crippen LogP contribution in [0.1, 0.15) is 5.69 Å². The van der Waals surface area contributed by atoms with E-state index in [1.165, 1.54) is 4.68 Å². The summed E-state index contributed by atoms with van der Waals surface area (Å²) in [6.07, 6.45) is 5.25. The molecule has 0 saturated carbocycles. The maximum atomic E-state index is 5.79. The van der Waals surface area contributed by atoms with Crippen molar-refractivity contribution in [2.45, 2.75) is 0 Å². The van der Waals surface area contributed by atoms with Gasteiger partial charge in [-0.1, -0.05) is 18.2 Å². The average molecular weight is 198 g/mol. The van der Waals surface area contributed by atoms with Gasteiger partial charge in [0.05, 0.1) is 5.69 Å². The largest absolute Gasteiger partial charge is 0.393 e. The molecule has 2 rings (SSSR count). The molecule has 0 radical (unpaired) electrons. The molecule has 0 spiro atoms. The van der Waals surface area contributed by atoms with Crippen molar-refractivity contribution in [2.24, 2.45) is 0 Å². The van der Waals surface area contributed by atoms with Crippen molar-refractivity contribution < 1.29 is 0 Å². The lowest BCUT2D eigenvalue weighted by molar-refractivity contribution is 0.885. The van der Waals surface area contributed by atoms with E-state index in [1.807, 2.05) is 30.3 Å². The molecule has 0 atom stereocenters. The third-order valence-corrected chi connectivity index (χ3v) is 2.10. The maximum absolute atomic E-state index is 5.79. The second-order valence-corrected chi connectivity index (χ2v) is 3.04. The molecule has 0 aliphatic heterocycles. The predicted octanol–water partition coefficient (Wildman–Crippen LogP) is 1.02. The fourth-order valence-electron chi connectivity index (χ4n) is 1.32. The van der Waals surface area contributed by atoms with E-state index in [1.54, 1.807) is 0 Å². The van der Waals surface area contributed by atoms with Crippen LogP contribution in [0.2, 0.25) is 0 Å². The van der Waals surface area contributed by atoms with Crippen molar-refractivity contribution in [1.82, 2.24) is 9.78 Å². The van der Waals surface area contributed by atoms with E-state index >= 15 is 0 Å². The lowest BCUT2D eigenvalue weighted by Gasteiger charge is -2.02. The summed E-state index contributed by atoms with van der Waals surface area (Å²) >= 11 is 0. The molecule has 1 aromatic heterocycles. The van der Waals surface area contributed by atoms with Crippen LogP contribution in [0, 0.1) is 12.3 Å². The minimum absolute atomic E-state index is 0.348. The van der Waals surface area contributed by atoms with Crippen LogP contribution in [0.4, 0.5) is 11.5 Å². The van der Waals surface area contributed by atoms with Crippen molar-refractivity contribution in [2.75, 3.05) is 11.5 Å². The first-order valence-corrected chi connectivity index (χ1v) is 4.40. The molecule has 4 N–H and O–H groups in total. The lowest BCUT2D eigenvalue weighted by atomic mass is 10.3. The number of rotatable bonds is 1. The first-order chi connectivity index (χ1) is 7.24. The van der Waals surface area contributed by atoms with E-state index in [9.17, 15) is 0 Å². The van der Waals surface area contributed by atoms with E-state index < -0.39 is 0 Å². The highest BCUT2D eigenvalue weighted by atomic mass is 15.3. The number of nitrogen functional groups attached to an aromatic ring is 2. The number of nitrogens with two attached hydrogens (primary N) is 2. The topological polar surface area (TPSA) is 69.9 Å². The number of nitrogens with zero attached hydrogens (tertiary/aromatic N) is 2. The van der Waals surface area contributed by atoms with Crippen LogP contribution in [-0.4, -0.2) is 9.78 Å². The molecule has 0 unspecified atom stereocenters. The van der Waals surface area contributed by atoms with Gasteiger partial charge < -0.3 is 11.5 Å². The smallest absolute Gasteiger partial charge is 0.160 e. The van der Waals surface area contributed by atoms with Gasteiger partial charge in [0.1, 0.15) is 5.69 Å². The number of para-hydroxylation sites is 1. The molecule has 0 fully saturated rings. The van der Waals surface area contributed by atoms with Crippen LogP contribution in [-0.2, 0) is 0 Å². The Balaban J connectivity index is 2.61. The highest BCUT2D eigenvalue weighted by Gasteiger charge is 2.11. The summed E-state index contributed by atoms with van der Waals surface area (Å²) in [5.74, 6) is 2.76. The summed E-state index contributed by atoms with van der Waals surface area (Å²) in [5, 5.41) is 4.13. The summed E-state index contributed by atoms with van der Waals surface area (Å²) in [4.78, 5) is 0. The highest BCUT2D eigenvalue weighted by Crippen LogP contribution is 2.22. The SMILES string of the molecule is C#Cc1nn(-c2ccccc2)c(N)c1N. The molecule has 15 heavy (non-hydrogen) atoms. The van der Waals surface area contributed by atoms with Gasteiger partial charge in [-0.3, -0.25) is 0 Å². The van der Waals surface area contributed by atoms with Crippen molar-refractivity contribution in [1.29, 1.82) is 0 Å². The van der Waals surface area contributed by atoms with Crippen LogP contribution in [0.3, 0.4) is 0 Å². The van der Waals surface area contributed by atoms with Gasteiger partial charge >= 0.3 is 0 Å². The number of hydrogen-bond acceptors (Lipinski definition) is 3. The summed E-state index contributed by atoms with van der Waals surface area (Å²) in [6, 6.07) is 9.45. The van der Waals surface area contributed by atoms with Crippen LogP contribution in [0.25, 0.3) is 5.69 Å². The molecule has 1 heterocycles. The van der Waals surface area contributed by atoms with E-state index in [4.69, 9.17) is 17.9 Å². The third-order valence-electron chi connectivity index (χ3n) is 2.10. The van der Waals surface area contributed by atoms with Gasteiger partial charge in [-0.05, 0) is 18.1 Å². The van der Waals surface area contributed by atoms with E-state index in [-0.39, 0.29) is 0 Å². The van der Waals surface area contributed by atoms with Crippen LogP contribution in [0.15, 0.2) is 30.3 Å². The predicted molar refractivity (Wildman–Crippen MR) is 60.3 cm³/mol. The molecular weight excluding hydrogens is 188 g/mol. The molecule has 4 nitrogen and oxygen atoms in total. The van der Waals surface area contributed by atoms with E-state index in [2.05, 4.69) is 11.0 Å². The second kappa shape index (κ2) is 3.39. The highest BCUT2D eigenvalue weighted by molar-refractivity contribution is 5.68. The maximum Gasteiger partial charge on any atom is 0.160 e. The van der Waals surface area contributed by atoms with Gasteiger partial charge in [0.2, 0.25) is 0 Å². The lowest BCUT2D eigenvalue weighted by Crippen LogP contribution is -2.02. The first-order valence-electron chi connectivity index (χ1n) is 4.40. The molecule has 0 bridgehead atoms. The molecule has 0 aliphatic rings. The van der Waals surface area contributed by atoms with Gasteiger partial charge in [-0.15, -0.1) is 6.42 Å². The normalized spacial score (nSPS) is 9.80. The van der Waals surface area contributed by atoms with Crippen LogP contribution in [0.5, 0.6) is 0 Å². The minimum Gasteiger partial charge on any atom is -0.393 e. The van der Waals surface area contributed by atoms with Gasteiger partial charge in [0.15, 0.2) is 11.5 Å². The zero-order valence-corrected chi connectivity index (χ0v) is 8.01. The average Bonchev–Trinajstić information content (AvgIpc) is 2.57. The molecule has 74 valence electrons. The number of benzene rings is 1. The van der Waals surface area contributed by atoms with E-state index in [0.717, 1.165) is 5.69 Å². The standard InChI is InChI=1S/C11H10N4/c1-2-9-10(12)11(13)15(14-9)8-6-4-3-5-7-8/h1,3-7H,12-13H2. The fraction of sp³-hybridized carbons (Fsp3) is 0. The Morgan fingerprint density at radius 3 is 2.40 bits per heavy atom. The summed E-state index contributed by atoms with van der Waals surface area (Å²) in [7, 11) is 0. The minimum atomic E-state index is 0.348. The Labute approximate surface area is 87.5 Å². The van der Waals surface area contributed by atoms with Crippen LogP contribution < -0.4 is 11.5 Å². The number of hydrogen-bond donors (Lipinski definition) is 2. The van der Waals surface area contributed by atoms with Crippen LogP contribution >= 0.6 is 0 Å². The Morgan fingerprint density at radius 2 is 1.87 bits per heavy atom. The fourth-order valence-corrected chi connectivity index (χ4v) is 1.32. The van der Waals surface area contributed by atoms with Crippen molar-refractivity contribution in [3.05, 3.63) is 36.0 Å². The molecule has 1 aromatic carbocycles. The summed E-state index contributed by atoms with van der Waals surface area (Å²) in [5.41, 5.74) is 13.0. The van der Waals surface area contributed by atoms with Crippen molar-refractivity contribution >= 4 is 11.5 Å². The Bertz CT molecular complexity index is 520.